The molecule has 0 N–H and O–H groups in total. The molecule has 0 aromatic heterocycles. The van der Waals surface area contributed by atoms with E-state index < -0.39 is 0 Å². The zero-order valence-electron chi connectivity index (χ0n) is 11.6. The van der Waals surface area contributed by atoms with E-state index in [0.717, 1.165) is 10.8 Å². The van der Waals surface area contributed by atoms with Gasteiger partial charge < -0.3 is 4.74 Å². The highest BCUT2D eigenvalue weighted by Gasteiger charge is 2.64. The van der Waals surface area contributed by atoms with Gasteiger partial charge >= 0.3 is 0 Å². The number of thioether (sulfide) groups is 1. The van der Waals surface area contributed by atoms with E-state index in [1.54, 1.807) is 0 Å². The highest BCUT2D eigenvalue weighted by atomic mass is 35.5. The topological polar surface area (TPSA) is 12.5 Å². The van der Waals surface area contributed by atoms with Crippen molar-refractivity contribution in [3.63, 3.8) is 0 Å². The molecule has 1 atom stereocenters. The summed E-state index contributed by atoms with van der Waals surface area (Å²) in [6, 6.07) is 18.5. The van der Waals surface area contributed by atoms with Crippen molar-refractivity contribution in [1.82, 2.24) is 0 Å². The van der Waals surface area contributed by atoms with Crippen molar-refractivity contribution in [2.45, 2.75) is 29.9 Å². The average Bonchev–Trinajstić information content (AvgIpc) is 3.02. The number of hydrogen-bond donors (Lipinski definition) is 0. The van der Waals surface area contributed by atoms with Gasteiger partial charge in [-0.05, 0) is 43.7 Å². The summed E-state index contributed by atoms with van der Waals surface area (Å²) in [7, 11) is 0. The van der Waals surface area contributed by atoms with Crippen LogP contribution in [0, 0.1) is 0 Å². The number of benzene rings is 2. The van der Waals surface area contributed by atoms with Crippen LogP contribution in [0.2, 0.25) is 5.02 Å². The third-order valence-corrected chi connectivity index (χ3v) is 5.26. The van der Waals surface area contributed by atoms with E-state index in [2.05, 4.69) is 50.2 Å². The Morgan fingerprint density at radius 2 is 1.60 bits per heavy atom. The molecule has 1 fully saturated rings. The van der Waals surface area contributed by atoms with Gasteiger partial charge in [-0.15, -0.1) is 11.8 Å². The van der Waals surface area contributed by atoms with Crippen LogP contribution in [0.15, 0.2) is 59.5 Å². The fourth-order valence-electron chi connectivity index (χ4n) is 2.52. The van der Waals surface area contributed by atoms with Gasteiger partial charge in [-0.3, -0.25) is 0 Å². The number of halogens is 1. The van der Waals surface area contributed by atoms with Crippen molar-refractivity contribution < 1.29 is 4.74 Å². The molecule has 1 saturated heterocycles. The quantitative estimate of drug-likeness (QED) is 0.573. The van der Waals surface area contributed by atoms with Gasteiger partial charge in [0, 0.05) is 15.7 Å². The minimum Gasteiger partial charge on any atom is -0.357 e. The third kappa shape index (κ3) is 2.48. The number of epoxide rings is 1. The van der Waals surface area contributed by atoms with Crippen molar-refractivity contribution >= 4 is 23.4 Å². The zero-order valence-corrected chi connectivity index (χ0v) is 13.2. The molecule has 0 radical (unpaired) electrons. The molecule has 1 heterocycles. The molecule has 20 heavy (non-hydrogen) atoms. The Bertz CT molecular complexity index is 594. The Labute approximate surface area is 129 Å². The maximum Gasteiger partial charge on any atom is 0.132 e. The van der Waals surface area contributed by atoms with E-state index in [1.807, 2.05) is 30.0 Å². The molecule has 1 nitrogen and oxygen atoms in total. The first-order valence-electron chi connectivity index (χ1n) is 6.68. The second kappa shape index (κ2) is 5.10. The van der Waals surface area contributed by atoms with Crippen LogP contribution in [0.5, 0.6) is 0 Å². The molecule has 1 aliphatic heterocycles. The van der Waals surface area contributed by atoms with E-state index in [0.29, 0.717) is 0 Å². The van der Waals surface area contributed by atoms with Crippen LogP contribution >= 0.6 is 23.4 Å². The van der Waals surface area contributed by atoms with Gasteiger partial charge in [0.05, 0.1) is 5.60 Å². The van der Waals surface area contributed by atoms with Crippen LogP contribution in [0.3, 0.4) is 0 Å². The van der Waals surface area contributed by atoms with E-state index >= 15 is 0 Å². The lowest BCUT2D eigenvalue weighted by Crippen LogP contribution is -2.21. The Kier molecular flexibility index (Phi) is 3.57. The molecule has 3 rings (SSSR count). The second-order valence-corrected chi connectivity index (χ2v) is 7.03. The van der Waals surface area contributed by atoms with Gasteiger partial charge in [-0.2, -0.15) is 0 Å². The minimum atomic E-state index is -0.210. The van der Waals surface area contributed by atoms with Crippen molar-refractivity contribution in [3.8, 4) is 0 Å². The monoisotopic (exact) mass is 304 g/mol. The van der Waals surface area contributed by atoms with E-state index in [1.165, 1.54) is 10.5 Å². The van der Waals surface area contributed by atoms with Gasteiger partial charge in [-0.25, -0.2) is 0 Å². The van der Waals surface area contributed by atoms with Crippen molar-refractivity contribution in [2.75, 3.05) is 5.75 Å². The molecule has 0 aliphatic carbocycles. The minimum absolute atomic E-state index is 0.122. The van der Waals surface area contributed by atoms with Crippen LogP contribution in [-0.2, 0) is 10.3 Å². The standard InChI is InChI=1S/C17H17ClOS/c1-16(2)17(19-16,13-8-10-14(18)11-9-13)12-20-15-6-4-3-5-7-15/h3-11H,12H2,1-2H3. The highest BCUT2D eigenvalue weighted by molar-refractivity contribution is 7.99. The van der Waals surface area contributed by atoms with Gasteiger partial charge in [0.1, 0.15) is 5.60 Å². The molecule has 104 valence electrons. The maximum absolute atomic E-state index is 6.08. The smallest absolute Gasteiger partial charge is 0.132 e. The predicted molar refractivity (Wildman–Crippen MR) is 85.5 cm³/mol. The van der Waals surface area contributed by atoms with Crippen LogP contribution in [-0.4, -0.2) is 11.4 Å². The van der Waals surface area contributed by atoms with Crippen LogP contribution < -0.4 is 0 Å². The molecule has 0 amide bonds. The summed E-state index contributed by atoms with van der Waals surface area (Å²) in [4.78, 5) is 1.27. The maximum atomic E-state index is 6.08. The Balaban J connectivity index is 1.81. The van der Waals surface area contributed by atoms with Gasteiger partial charge in [0.15, 0.2) is 0 Å². The fourth-order valence-corrected chi connectivity index (χ4v) is 3.94. The molecule has 0 bridgehead atoms. The molecular weight excluding hydrogens is 288 g/mol. The lowest BCUT2D eigenvalue weighted by Gasteiger charge is -2.15. The van der Waals surface area contributed by atoms with Crippen LogP contribution in [0.25, 0.3) is 0 Å². The van der Waals surface area contributed by atoms with Crippen molar-refractivity contribution in [2.24, 2.45) is 0 Å². The Hall–Kier alpha value is -0.960. The molecule has 3 heteroatoms. The molecule has 1 aliphatic rings. The van der Waals surface area contributed by atoms with Crippen molar-refractivity contribution in [3.05, 3.63) is 65.2 Å². The number of rotatable bonds is 4. The van der Waals surface area contributed by atoms with E-state index in [4.69, 9.17) is 16.3 Å². The predicted octanol–water partition coefficient (Wildman–Crippen LogP) is 5.14. The lowest BCUT2D eigenvalue weighted by atomic mass is 9.90. The summed E-state index contributed by atoms with van der Waals surface area (Å²) >= 11 is 7.81. The molecule has 1 unspecified atom stereocenters. The number of hydrogen-bond acceptors (Lipinski definition) is 2. The first-order chi connectivity index (χ1) is 9.53. The molecule has 0 spiro atoms. The molecule has 0 saturated carbocycles. The van der Waals surface area contributed by atoms with Gasteiger partial charge in [0.25, 0.3) is 0 Å². The SMILES string of the molecule is CC1(C)OC1(CSc1ccccc1)c1ccc(Cl)cc1. The molecule has 2 aromatic carbocycles. The summed E-state index contributed by atoms with van der Waals surface area (Å²) in [6.07, 6.45) is 0. The van der Waals surface area contributed by atoms with Gasteiger partial charge in [0.2, 0.25) is 0 Å². The van der Waals surface area contributed by atoms with Crippen LogP contribution in [0.4, 0.5) is 0 Å². The molecule has 2 aromatic rings. The van der Waals surface area contributed by atoms with Crippen LogP contribution in [0.1, 0.15) is 19.4 Å². The highest BCUT2D eigenvalue weighted by Crippen LogP contribution is 2.57. The van der Waals surface area contributed by atoms with Crippen molar-refractivity contribution in [1.29, 1.82) is 0 Å². The number of ether oxygens (including phenoxy) is 1. The lowest BCUT2D eigenvalue weighted by molar-refractivity contribution is 0.290. The first kappa shape index (κ1) is 14.0. The summed E-state index contributed by atoms with van der Waals surface area (Å²) < 4.78 is 6.08. The second-order valence-electron chi connectivity index (χ2n) is 5.55. The normalized spacial score (nSPS) is 23.6. The zero-order chi connectivity index (χ0) is 14.2. The van der Waals surface area contributed by atoms with E-state index in [-0.39, 0.29) is 11.2 Å². The average molecular weight is 305 g/mol. The van der Waals surface area contributed by atoms with Gasteiger partial charge in [-0.1, -0.05) is 41.9 Å². The summed E-state index contributed by atoms with van der Waals surface area (Å²) in [5.74, 6) is 0.908. The summed E-state index contributed by atoms with van der Waals surface area (Å²) in [5.41, 5.74) is 0.871. The Morgan fingerprint density at radius 3 is 2.15 bits per heavy atom. The fraction of sp³-hybridized carbons (Fsp3) is 0.294. The largest absolute Gasteiger partial charge is 0.357 e. The summed E-state index contributed by atoms with van der Waals surface area (Å²) in [6.45, 7) is 4.29. The first-order valence-corrected chi connectivity index (χ1v) is 8.04. The third-order valence-electron chi connectivity index (χ3n) is 3.86. The van der Waals surface area contributed by atoms with E-state index in [9.17, 15) is 0 Å². The summed E-state index contributed by atoms with van der Waals surface area (Å²) in [5, 5.41) is 0.762. The molecular formula is C17H17ClOS. The Morgan fingerprint density at radius 1 is 1.00 bits per heavy atom.